The van der Waals surface area contributed by atoms with Crippen molar-refractivity contribution in [1.82, 2.24) is 15.3 Å². The molecule has 0 spiro atoms. The molecule has 1 atom stereocenters. The SMILES string of the molecule is C[C@@H]1CCCN1CCCOc1ccc(C2=CC=CN(Cc3ccccc3)N2)cc1. The molecule has 4 nitrogen and oxygen atoms in total. The number of hydrogen-bond acceptors (Lipinski definition) is 4. The first-order valence-electron chi connectivity index (χ1n) is 10.7. The molecular weight excluding hydrogens is 358 g/mol. The monoisotopic (exact) mass is 389 g/mol. The molecule has 2 aliphatic rings. The summed E-state index contributed by atoms with van der Waals surface area (Å²) in [5, 5.41) is 2.11. The number of benzene rings is 2. The fourth-order valence-corrected chi connectivity index (χ4v) is 4.02. The van der Waals surface area contributed by atoms with Crippen molar-refractivity contribution in [1.29, 1.82) is 0 Å². The normalized spacial score (nSPS) is 19.1. The maximum atomic E-state index is 5.95. The molecular formula is C25H31N3O. The quantitative estimate of drug-likeness (QED) is 0.656. The van der Waals surface area contributed by atoms with Crippen LogP contribution in [0.15, 0.2) is 72.9 Å². The lowest BCUT2D eigenvalue weighted by Gasteiger charge is -2.27. The molecule has 0 unspecified atom stereocenters. The molecule has 2 aliphatic heterocycles. The molecule has 0 aromatic heterocycles. The second kappa shape index (κ2) is 9.66. The number of hydrogen-bond donors (Lipinski definition) is 1. The van der Waals surface area contributed by atoms with Gasteiger partial charge < -0.3 is 9.64 Å². The topological polar surface area (TPSA) is 27.7 Å². The largest absolute Gasteiger partial charge is 0.494 e. The highest BCUT2D eigenvalue weighted by molar-refractivity contribution is 5.66. The van der Waals surface area contributed by atoms with Crippen LogP contribution in [0.5, 0.6) is 5.75 Å². The second-order valence-electron chi connectivity index (χ2n) is 7.90. The van der Waals surface area contributed by atoms with Gasteiger partial charge in [-0.25, -0.2) is 0 Å². The molecule has 4 heteroatoms. The lowest BCUT2D eigenvalue weighted by atomic mass is 10.1. The van der Waals surface area contributed by atoms with Gasteiger partial charge in [0.05, 0.1) is 18.8 Å². The minimum atomic E-state index is 0.737. The molecule has 152 valence electrons. The Morgan fingerprint density at radius 3 is 2.66 bits per heavy atom. The number of nitrogens with zero attached hydrogens (tertiary/aromatic N) is 2. The summed E-state index contributed by atoms with van der Waals surface area (Å²) >= 11 is 0. The van der Waals surface area contributed by atoms with Crippen LogP contribution in [0.3, 0.4) is 0 Å². The summed E-state index contributed by atoms with van der Waals surface area (Å²) in [7, 11) is 0. The van der Waals surface area contributed by atoms with Gasteiger partial charge in [-0.3, -0.25) is 10.4 Å². The molecule has 0 amide bonds. The summed E-state index contributed by atoms with van der Waals surface area (Å²) in [4.78, 5) is 2.57. The van der Waals surface area contributed by atoms with E-state index < -0.39 is 0 Å². The van der Waals surface area contributed by atoms with Crippen LogP contribution in [0.2, 0.25) is 0 Å². The summed E-state index contributed by atoms with van der Waals surface area (Å²) in [5.74, 6) is 0.941. The van der Waals surface area contributed by atoms with Crippen LogP contribution >= 0.6 is 0 Å². The van der Waals surface area contributed by atoms with Crippen LogP contribution in [-0.2, 0) is 6.54 Å². The predicted molar refractivity (Wildman–Crippen MR) is 119 cm³/mol. The Bertz CT molecular complexity index is 829. The maximum Gasteiger partial charge on any atom is 0.119 e. The molecule has 0 aliphatic carbocycles. The Labute approximate surface area is 174 Å². The minimum Gasteiger partial charge on any atom is -0.494 e. The van der Waals surface area contributed by atoms with Gasteiger partial charge in [-0.1, -0.05) is 30.3 Å². The van der Waals surface area contributed by atoms with Crippen LogP contribution < -0.4 is 10.2 Å². The fraction of sp³-hybridized carbons (Fsp3) is 0.360. The van der Waals surface area contributed by atoms with E-state index in [0.717, 1.165) is 49.2 Å². The number of allylic oxidation sites excluding steroid dienone is 2. The lowest BCUT2D eigenvalue weighted by Crippen LogP contribution is -2.33. The van der Waals surface area contributed by atoms with E-state index in [0.29, 0.717) is 0 Å². The van der Waals surface area contributed by atoms with Crippen molar-refractivity contribution < 1.29 is 4.74 Å². The molecule has 4 rings (SSSR count). The average Bonchev–Trinajstić information content (AvgIpc) is 3.17. The van der Waals surface area contributed by atoms with Gasteiger partial charge in [0.2, 0.25) is 0 Å². The maximum absolute atomic E-state index is 5.95. The highest BCUT2D eigenvalue weighted by atomic mass is 16.5. The molecule has 0 saturated carbocycles. The van der Waals surface area contributed by atoms with Crippen molar-refractivity contribution in [3.05, 3.63) is 84.1 Å². The van der Waals surface area contributed by atoms with Crippen LogP contribution in [0.25, 0.3) is 5.70 Å². The molecule has 2 heterocycles. The molecule has 2 aromatic rings. The van der Waals surface area contributed by atoms with Crippen molar-refractivity contribution in [3.8, 4) is 5.75 Å². The Morgan fingerprint density at radius 2 is 1.90 bits per heavy atom. The van der Waals surface area contributed by atoms with E-state index in [4.69, 9.17) is 4.74 Å². The highest BCUT2D eigenvalue weighted by Gasteiger charge is 2.19. The van der Waals surface area contributed by atoms with Gasteiger partial charge in [0.25, 0.3) is 0 Å². The first-order chi connectivity index (χ1) is 14.3. The van der Waals surface area contributed by atoms with E-state index in [1.807, 2.05) is 6.07 Å². The van der Waals surface area contributed by atoms with Gasteiger partial charge in [0.1, 0.15) is 5.75 Å². The molecule has 29 heavy (non-hydrogen) atoms. The molecule has 1 fully saturated rings. The van der Waals surface area contributed by atoms with E-state index in [1.165, 1.54) is 24.9 Å². The number of hydrazine groups is 1. The van der Waals surface area contributed by atoms with Gasteiger partial charge in [0.15, 0.2) is 0 Å². The predicted octanol–water partition coefficient (Wildman–Crippen LogP) is 4.81. The van der Waals surface area contributed by atoms with Crippen LogP contribution in [-0.4, -0.2) is 35.6 Å². The van der Waals surface area contributed by atoms with E-state index >= 15 is 0 Å². The van der Waals surface area contributed by atoms with E-state index in [9.17, 15) is 0 Å². The van der Waals surface area contributed by atoms with Crippen molar-refractivity contribution in [2.24, 2.45) is 0 Å². The molecule has 0 radical (unpaired) electrons. The first kappa shape index (κ1) is 19.6. The third-order valence-electron chi connectivity index (χ3n) is 5.70. The van der Waals surface area contributed by atoms with Gasteiger partial charge in [-0.05, 0) is 80.3 Å². The van der Waals surface area contributed by atoms with Gasteiger partial charge in [-0.2, -0.15) is 0 Å². The standard InChI is InChI=1S/C25H31N3O/c1-21-8-5-16-27(21)17-7-19-29-24-14-12-23(13-15-24)25-11-6-18-28(26-25)20-22-9-3-2-4-10-22/h2-4,6,9-15,18,21,26H,5,7-8,16-17,19-20H2,1H3/t21-/m1/s1. The summed E-state index contributed by atoms with van der Waals surface area (Å²) in [6.07, 6.45) is 10.0. The zero-order valence-electron chi connectivity index (χ0n) is 17.3. The van der Waals surface area contributed by atoms with E-state index in [2.05, 4.69) is 89.1 Å². The highest BCUT2D eigenvalue weighted by Crippen LogP contribution is 2.21. The Kier molecular flexibility index (Phi) is 6.52. The van der Waals surface area contributed by atoms with Crippen LogP contribution in [0.4, 0.5) is 0 Å². The molecule has 1 saturated heterocycles. The summed E-state index contributed by atoms with van der Waals surface area (Å²) in [6.45, 7) is 6.31. The Balaban J connectivity index is 1.25. The number of nitrogens with one attached hydrogen (secondary N) is 1. The van der Waals surface area contributed by atoms with Crippen molar-refractivity contribution in [2.75, 3.05) is 19.7 Å². The zero-order valence-corrected chi connectivity index (χ0v) is 17.3. The second-order valence-corrected chi connectivity index (χ2v) is 7.90. The van der Waals surface area contributed by atoms with Gasteiger partial charge in [-0.15, -0.1) is 0 Å². The van der Waals surface area contributed by atoms with Crippen molar-refractivity contribution in [2.45, 2.75) is 38.8 Å². The fourth-order valence-electron chi connectivity index (χ4n) is 4.02. The number of rotatable bonds is 8. The third-order valence-corrected chi connectivity index (χ3v) is 5.70. The lowest BCUT2D eigenvalue weighted by molar-refractivity contribution is 0.230. The third kappa shape index (κ3) is 5.42. The van der Waals surface area contributed by atoms with Crippen LogP contribution in [0.1, 0.15) is 37.3 Å². The number of likely N-dealkylation sites (tertiary alicyclic amines) is 1. The Morgan fingerprint density at radius 1 is 1.07 bits per heavy atom. The first-order valence-corrected chi connectivity index (χ1v) is 10.7. The summed E-state index contributed by atoms with van der Waals surface area (Å²) in [5.41, 5.74) is 7.02. The number of ether oxygens (including phenoxy) is 1. The minimum absolute atomic E-state index is 0.737. The molecule has 1 N–H and O–H groups in total. The smallest absolute Gasteiger partial charge is 0.119 e. The van der Waals surface area contributed by atoms with Crippen molar-refractivity contribution >= 4 is 5.70 Å². The van der Waals surface area contributed by atoms with Crippen LogP contribution in [0, 0.1) is 0 Å². The Hall–Kier alpha value is -2.72. The zero-order chi connectivity index (χ0) is 19.9. The van der Waals surface area contributed by atoms with Gasteiger partial charge >= 0.3 is 0 Å². The van der Waals surface area contributed by atoms with Crippen molar-refractivity contribution in [3.63, 3.8) is 0 Å². The van der Waals surface area contributed by atoms with E-state index in [-0.39, 0.29) is 0 Å². The van der Waals surface area contributed by atoms with Gasteiger partial charge in [0, 0.05) is 18.8 Å². The summed E-state index contributed by atoms with van der Waals surface area (Å²) < 4.78 is 5.95. The average molecular weight is 390 g/mol. The summed E-state index contributed by atoms with van der Waals surface area (Å²) in [6, 6.07) is 19.6. The molecule has 0 bridgehead atoms. The molecule has 2 aromatic carbocycles. The van der Waals surface area contributed by atoms with E-state index in [1.54, 1.807) is 0 Å².